The first kappa shape index (κ1) is 16.5. The predicted octanol–water partition coefficient (Wildman–Crippen LogP) is 0.131. The fraction of sp³-hybridized carbons (Fsp3) is 0.600. The average molecular weight is 310 g/mol. The van der Waals surface area contributed by atoms with Gasteiger partial charge in [0, 0.05) is 6.04 Å². The van der Waals surface area contributed by atoms with E-state index in [0.29, 0.717) is 0 Å². The lowest BCUT2D eigenvalue weighted by molar-refractivity contribution is -0.128. The lowest BCUT2D eigenvalue weighted by atomic mass is 10.1. The molecule has 22 heavy (non-hydrogen) atoms. The molecule has 1 aliphatic rings. The van der Waals surface area contributed by atoms with Crippen molar-refractivity contribution in [2.24, 2.45) is 0 Å². The van der Waals surface area contributed by atoms with Gasteiger partial charge in [0.25, 0.3) is 5.91 Å². The number of hydrogen-bond donors (Lipinski definition) is 3. The van der Waals surface area contributed by atoms with Crippen LogP contribution in [0.4, 0.5) is 0 Å². The van der Waals surface area contributed by atoms with Crippen LogP contribution < -0.4 is 5.32 Å². The minimum absolute atomic E-state index is 0.0617. The second-order valence-corrected chi connectivity index (χ2v) is 5.67. The average Bonchev–Trinajstić information content (AvgIpc) is 3.08. The SMILES string of the molecule is CCCC(C)NC(=O)C1[C@H](O)[C@@H](O)CN1C(=O)c1ccoc1. The molecule has 0 spiro atoms. The Morgan fingerprint density at radius 2 is 2.23 bits per heavy atom. The molecule has 7 nitrogen and oxygen atoms in total. The molecule has 2 unspecified atom stereocenters. The second kappa shape index (κ2) is 6.93. The van der Waals surface area contributed by atoms with Crippen LogP contribution in [0.15, 0.2) is 23.0 Å². The molecule has 0 aliphatic carbocycles. The standard InChI is InChI=1S/C15H22N2O5/c1-3-4-9(2)16-14(20)12-13(19)11(18)7-17(12)15(21)10-5-6-22-8-10/h5-6,8-9,11-13,18-19H,3-4,7H2,1-2H3,(H,16,20)/t9?,11-,12?,13+/m0/s1. The van der Waals surface area contributed by atoms with Gasteiger partial charge >= 0.3 is 0 Å². The van der Waals surface area contributed by atoms with Crippen molar-refractivity contribution in [3.63, 3.8) is 0 Å². The lowest BCUT2D eigenvalue weighted by Crippen LogP contribution is -2.52. The Bertz CT molecular complexity index is 516. The quantitative estimate of drug-likeness (QED) is 0.717. The highest BCUT2D eigenvalue weighted by atomic mass is 16.3. The summed E-state index contributed by atoms with van der Waals surface area (Å²) in [5.41, 5.74) is 0.278. The minimum Gasteiger partial charge on any atom is -0.472 e. The zero-order chi connectivity index (χ0) is 16.3. The van der Waals surface area contributed by atoms with E-state index in [1.807, 2.05) is 13.8 Å². The van der Waals surface area contributed by atoms with Crippen LogP contribution in [0, 0.1) is 0 Å². The number of amides is 2. The normalized spacial score (nSPS) is 26.0. The summed E-state index contributed by atoms with van der Waals surface area (Å²) < 4.78 is 4.87. The lowest BCUT2D eigenvalue weighted by Gasteiger charge is -2.26. The summed E-state index contributed by atoms with van der Waals surface area (Å²) in [4.78, 5) is 25.9. The molecule has 0 aromatic carbocycles. The van der Waals surface area contributed by atoms with Gasteiger partial charge in [-0.15, -0.1) is 0 Å². The summed E-state index contributed by atoms with van der Waals surface area (Å²) in [7, 11) is 0. The molecule has 0 radical (unpaired) electrons. The zero-order valence-electron chi connectivity index (χ0n) is 12.7. The van der Waals surface area contributed by atoms with Crippen molar-refractivity contribution in [3.8, 4) is 0 Å². The Kier molecular flexibility index (Phi) is 5.20. The number of aliphatic hydroxyl groups is 2. The Hall–Kier alpha value is -1.86. The molecule has 2 rings (SSSR count). The van der Waals surface area contributed by atoms with E-state index in [2.05, 4.69) is 5.32 Å². The number of aliphatic hydroxyl groups excluding tert-OH is 2. The molecule has 1 aromatic rings. The number of rotatable bonds is 5. The van der Waals surface area contributed by atoms with Crippen LogP contribution in [0.25, 0.3) is 0 Å². The fourth-order valence-corrected chi connectivity index (χ4v) is 2.71. The first-order chi connectivity index (χ1) is 10.5. The van der Waals surface area contributed by atoms with Gasteiger partial charge in [-0.05, 0) is 19.4 Å². The number of furan rings is 1. The first-order valence-electron chi connectivity index (χ1n) is 7.45. The number of hydrogen-bond acceptors (Lipinski definition) is 5. The largest absolute Gasteiger partial charge is 0.472 e. The molecular weight excluding hydrogens is 288 g/mol. The Morgan fingerprint density at radius 1 is 1.50 bits per heavy atom. The molecule has 0 saturated carbocycles. The van der Waals surface area contributed by atoms with E-state index >= 15 is 0 Å². The van der Waals surface area contributed by atoms with Crippen molar-refractivity contribution < 1.29 is 24.2 Å². The van der Waals surface area contributed by atoms with E-state index < -0.39 is 30.1 Å². The number of carbonyl (C=O) groups is 2. The molecule has 7 heteroatoms. The van der Waals surface area contributed by atoms with E-state index in [-0.39, 0.29) is 18.2 Å². The van der Waals surface area contributed by atoms with Crippen LogP contribution in [-0.2, 0) is 4.79 Å². The van der Waals surface area contributed by atoms with Gasteiger partial charge in [0.05, 0.1) is 18.4 Å². The second-order valence-electron chi connectivity index (χ2n) is 5.67. The molecule has 122 valence electrons. The molecule has 1 aliphatic heterocycles. The molecular formula is C15H22N2O5. The molecule has 2 heterocycles. The van der Waals surface area contributed by atoms with E-state index in [4.69, 9.17) is 4.42 Å². The Balaban J connectivity index is 2.14. The highest BCUT2D eigenvalue weighted by Gasteiger charge is 2.47. The van der Waals surface area contributed by atoms with Gasteiger partial charge in [-0.3, -0.25) is 9.59 Å². The monoisotopic (exact) mass is 310 g/mol. The number of β-amino-alcohol motifs (C(OH)–C–C–N with tert-alkyl or cyclic N) is 1. The third-order valence-electron chi connectivity index (χ3n) is 3.85. The molecule has 3 N–H and O–H groups in total. The van der Waals surface area contributed by atoms with Gasteiger partial charge in [0.1, 0.15) is 24.5 Å². The highest BCUT2D eigenvalue weighted by molar-refractivity contribution is 5.98. The van der Waals surface area contributed by atoms with Crippen LogP contribution in [0.2, 0.25) is 0 Å². The van der Waals surface area contributed by atoms with Gasteiger partial charge in [-0.1, -0.05) is 13.3 Å². The maximum absolute atomic E-state index is 12.4. The molecule has 1 aromatic heterocycles. The van der Waals surface area contributed by atoms with Crippen LogP contribution in [0.5, 0.6) is 0 Å². The van der Waals surface area contributed by atoms with Gasteiger partial charge < -0.3 is 24.8 Å². The molecule has 0 bridgehead atoms. The van der Waals surface area contributed by atoms with E-state index in [1.54, 1.807) is 0 Å². The van der Waals surface area contributed by atoms with E-state index in [0.717, 1.165) is 12.8 Å². The van der Waals surface area contributed by atoms with Crippen molar-refractivity contribution in [1.82, 2.24) is 10.2 Å². The summed E-state index contributed by atoms with van der Waals surface area (Å²) >= 11 is 0. The summed E-state index contributed by atoms with van der Waals surface area (Å²) in [6.45, 7) is 3.78. The molecule has 2 amide bonds. The van der Waals surface area contributed by atoms with Crippen LogP contribution in [0.1, 0.15) is 37.0 Å². The third-order valence-corrected chi connectivity index (χ3v) is 3.85. The van der Waals surface area contributed by atoms with Crippen molar-refractivity contribution >= 4 is 11.8 Å². The molecule has 1 fully saturated rings. The Labute approximate surface area is 128 Å². The summed E-state index contributed by atoms with van der Waals surface area (Å²) in [5.74, 6) is -0.908. The van der Waals surface area contributed by atoms with Gasteiger partial charge in [0.2, 0.25) is 5.91 Å². The smallest absolute Gasteiger partial charge is 0.257 e. The van der Waals surface area contributed by atoms with E-state index in [9.17, 15) is 19.8 Å². The van der Waals surface area contributed by atoms with Crippen LogP contribution >= 0.6 is 0 Å². The zero-order valence-corrected chi connectivity index (χ0v) is 12.7. The minimum atomic E-state index is -1.30. The first-order valence-corrected chi connectivity index (χ1v) is 7.45. The third kappa shape index (κ3) is 3.31. The van der Waals surface area contributed by atoms with Crippen LogP contribution in [-0.4, -0.2) is 57.8 Å². The van der Waals surface area contributed by atoms with Crippen molar-refractivity contribution in [3.05, 3.63) is 24.2 Å². The Morgan fingerprint density at radius 3 is 2.82 bits per heavy atom. The van der Waals surface area contributed by atoms with Crippen molar-refractivity contribution in [1.29, 1.82) is 0 Å². The summed E-state index contributed by atoms with van der Waals surface area (Å²) in [5, 5.41) is 22.7. The van der Waals surface area contributed by atoms with Gasteiger partial charge in [-0.25, -0.2) is 0 Å². The fourth-order valence-electron chi connectivity index (χ4n) is 2.71. The highest BCUT2D eigenvalue weighted by Crippen LogP contribution is 2.22. The predicted molar refractivity (Wildman–Crippen MR) is 78.1 cm³/mol. The maximum atomic E-state index is 12.4. The topological polar surface area (TPSA) is 103 Å². The van der Waals surface area contributed by atoms with E-state index in [1.165, 1.54) is 23.5 Å². The number of carbonyl (C=O) groups excluding carboxylic acids is 2. The van der Waals surface area contributed by atoms with Gasteiger partial charge in [-0.2, -0.15) is 0 Å². The molecule has 1 saturated heterocycles. The van der Waals surface area contributed by atoms with Crippen LogP contribution in [0.3, 0.4) is 0 Å². The van der Waals surface area contributed by atoms with Gasteiger partial charge in [0.15, 0.2) is 0 Å². The number of likely N-dealkylation sites (tertiary alicyclic amines) is 1. The summed E-state index contributed by atoms with van der Waals surface area (Å²) in [6, 6.07) is 0.318. The van der Waals surface area contributed by atoms with Crippen molar-refractivity contribution in [2.45, 2.75) is 51.0 Å². The maximum Gasteiger partial charge on any atom is 0.257 e. The number of nitrogens with zero attached hydrogens (tertiary/aromatic N) is 1. The summed E-state index contributed by atoms with van der Waals surface area (Å²) in [6.07, 6.45) is 1.89. The number of nitrogens with one attached hydrogen (secondary N) is 1. The molecule has 4 atom stereocenters. The van der Waals surface area contributed by atoms with Crippen molar-refractivity contribution in [2.75, 3.05) is 6.54 Å².